The van der Waals surface area contributed by atoms with E-state index >= 15 is 0 Å². The van der Waals surface area contributed by atoms with Gasteiger partial charge in [0, 0.05) is 5.39 Å². The largest absolute Gasteiger partial charge is 0.528 e. The molecule has 0 saturated carbocycles. The number of hydrogen-bond acceptors (Lipinski definition) is 8. The summed E-state index contributed by atoms with van der Waals surface area (Å²) in [5.41, 5.74) is 1.14. The average Bonchev–Trinajstić information content (AvgIpc) is 3.16. The molecule has 2 aromatic heterocycles. The number of azo groups is 1. The van der Waals surface area contributed by atoms with Gasteiger partial charge in [0.1, 0.15) is 0 Å². The lowest BCUT2D eigenvalue weighted by molar-refractivity contribution is 0.598. The maximum atomic E-state index is 11.5. The Bertz CT molecular complexity index is 1200. The number of rotatable bonds is 4. The predicted molar refractivity (Wildman–Crippen MR) is 98.0 cm³/mol. The Morgan fingerprint density at radius 2 is 1.92 bits per heavy atom. The number of nitrogens with zero attached hydrogens (tertiary/aromatic N) is 6. The van der Waals surface area contributed by atoms with E-state index in [1.807, 2.05) is 0 Å². The average molecular weight is 403 g/mol. The van der Waals surface area contributed by atoms with Gasteiger partial charge >= 0.3 is 6.17 Å². The third-order valence-electron chi connectivity index (χ3n) is 3.24. The number of primary sulfonamides is 1. The van der Waals surface area contributed by atoms with Gasteiger partial charge in [0.05, 0.1) is 16.1 Å². The van der Waals surface area contributed by atoms with Crippen LogP contribution in [0.1, 0.15) is 16.9 Å². The lowest BCUT2D eigenvalue weighted by Crippen LogP contribution is -2.11. The highest BCUT2D eigenvalue weighted by molar-refractivity contribution is 7.89. The Kier molecular flexibility index (Phi) is 4.76. The van der Waals surface area contributed by atoms with Gasteiger partial charge in [0.2, 0.25) is 10.0 Å². The molecule has 0 aliphatic rings. The number of benzene rings is 1. The SMILES string of the molecule is [C-]#[N+]C([N+]#[C-])c1nc(C)c(N=Nc2snc3ccc(S(N)(=O)=O)cc23)s1. The van der Waals surface area contributed by atoms with Crippen molar-refractivity contribution in [3.8, 4) is 0 Å². The van der Waals surface area contributed by atoms with E-state index in [1.165, 1.54) is 12.1 Å². The summed E-state index contributed by atoms with van der Waals surface area (Å²) in [6, 6.07) is 4.34. The van der Waals surface area contributed by atoms with Crippen molar-refractivity contribution in [1.29, 1.82) is 0 Å². The standard InChI is InChI=1S/C14H9N7O2S3/c1-7-12(24-14(18-7)11(16-2)17-3)19-20-13-9-6-8(26(15,22)23)4-5-10(9)21-25-13/h4-6,11H,1H3,(H2,15,22,23). The first-order valence-corrected chi connectivity index (χ1v) is 10.0. The minimum absolute atomic E-state index is 0.0325. The molecule has 1 aromatic carbocycles. The van der Waals surface area contributed by atoms with Gasteiger partial charge in [-0.25, -0.2) is 41.4 Å². The highest BCUT2D eigenvalue weighted by atomic mass is 32.2. The third kappa shape index (κ3) is 3.44. The maximum Gasteiger partial charge on any atom is 0.528 e. The molecular weight excluding hydrogens is 394 g/mol. The number of aromatic nitrogens is 2. The molecule has 0 aliphatic heterocycles. The highest BCUT2D eigenvalue weighted by Crippen LogP contribution is 2.37. The number of aryl methyl sites for hydroxylation is 1. The predicted octanol–water partition coefficient (Wildman–Crippen LogP) is 3.96. The van der Waals surface area contributed by atoms with Gasteiger partial charge in [-0.15, -0.1) is 10.2 Å². The van der Waals surface area contributed by atoms with E-state index in [4.69, 9.17) is 18.3 Å². The van der Waals surface area contributed by atoms with Crippen LogP contribution in [0.3, 0.4) is 0 Å². The fraction of sp³-hybridized carbons (Fsp3) is 0.143. The Hall–Kier alpha value is -2.77. The summed E-state index contributed by atoms with van der Waals surface area (Å²) in [5.74, 6) is 0. The molecule has 0 radical (unpaired) electrons. The fourth-order valence-corrected chi connectivity index (χ4v) is 4.09. The number of thiazole rings is 1. The Balaban J connectivity index is 1.99. The first kappa shape index (κ1) is 18.0. The van der Waals surface area contributed by atoms with Crippen LogP contribution in [0.2, 0.25) is 0 Å². The molecule has 3 aromatic rings. The quantitative estimate of drug-likeness (QED) is 0.523. The number of hydrogen-bond donors (Lipinski definition) is 1. The molecule has 0 amide bonds. The first-order valence-electron chi connectivity index (χ1n) is 6.88. The normalized spacial score (nSPS) is 11.9. The minimum Gasteiger partial charge on any atom is -0.229 e. The maximum absolute atomic E-state index is 11.5. The van der Waals surface area contributed by atoms with E-state index in [1.54, 1.807) is 13.0 Å². The molecule has 0 saturated heterocycles. The molecule has 9 nitrogen and oxygen atoms in total. The van der Waals surface area contributed by atoms with Crippen molar-refractivity contribution in [2.24, 2.45) is 15.4 Å². The van der Waals surface area contributed by atoms with Crippen LogP contribution < -0.4 is 5.14 Å². The van der Waals surface area contributed by atoms with Gasteiger partial charge in [0.25, 0.3) is 5.01 Å². The van der Waals surface area contributed by atoms with Crippen LogP contribution in [0.4, 0.5) is 10.0 Å². The molecule has 0 aliphatic carbocycles. The zero-order valence-electron chi connectivity index (χ0n) is 13.1. The van der Waals surface area contributed by atoms with E-state index in [0.29, 0.717) is 31.6 Å². The van der Waals surface area contributed by atoms with Crippen LogP contribution in [0.5, 0.6) is 0 Å². The second-order valence-corrected chi connectivity index (χ2v) is 8.31. The van der Waals surface area contributed by atoms with Crippen molar-refractivity contribution in [2.45, 2.75) is 18.0 Å². The van der Waals surface area contributed by atoms with Crippen LogP contribution in [-0.2, 0) is 10.0 Å². The Morgan fingerprint density at radius 3 is 2.58 bits per heavy atom. The number of sulfonamides is 1. The van der Waals surface area contributed by atoms with Crippen LogP contribution >= 0.6 is 22.9 Å². The summed E-state index contributed by atoms with van der Waals surface area (Å²) in [7, 11) is -3.83. The van der Waals surface area contributed by atoms with E-state index in [-0.39, 0.29) is 4.90 Å². The van der Waals surface area contributed by atoms with Crippen molar-refractivity contribution in [3.63, 3.8) is 0 Å². The first-order chi connectivity index (χ1) is 12.3. The second-order valence-electron chi connectivity index (χ2n) is 4.99. The fourth-order valence-electron chi connectivity index (χ4n) is 2.00. The van der Waals surface area contributed by atoms with Crippen molar-refractivity contribution < 1.29 is 8.42 Å². The van der Waals surface area contributed by atoms with E-state index in [0.717, 1.165) is 22.9 Å². The molecule has 0 fully saturated rings. The molecule has 0 bridgehead atoms. The van der Waals surface area contributed by atoms with E-state index in [2.05, 4.69) is 29.3 Å². The van der Waals surface area contributed by atoms with Gasteiger partial charge in [-0.1, -0.05) is 11.3 Å². The van der Waals surface area contributed by atoms with Crippen LogP contribution in [0.25, 0.3) is 20.6 Å². The van der Waals surface area contributed by atoms with Gasteiger partial charge in [-0.3, -0.25) is 0 Å². The molecule has 2 heterocycles. The summed E-state index contributed by atoms with van der Waals surface area (Å²) in [6.07, 6.45) is -0.982. The summed E-state index contributed by atoms with van der Waals surface area (Å²) < 4.78 is 27.2. The highest BCUT2D eigenvalue weighted by Gasteiger charge is 2.26. The topological polar surface area (TPSA) is 119 Å². The zero-order valence-corrected chi connectivity index (χ0v) is 15.6. The van der Waals surface area contributed by atoms with Crippen LogP contribution in [-0.4, -0.2) is 17.8 Å². The number of nitrogens with two attached hydrogens (primary N) is 1. The summed E-state index contributed by atoms with van der Waals surface area (Å²) >= 11 is 2.19. The zero-order chi connectivity index (χ0) is 18.9. The summed E-state index contributed by atoms with van der Waals surface area (Å²) in [4.78, 5) is 10.6. The summed E-state index contributed by atoms with van der Waals surface area (Å²) in [6.45, 7) is 15.7. The molecule has 0 unspecified atom stereocenters. The molecule has 12 heteroatoms. The van der Waals surface area contributed by atoms with E-state index < -0.39 is 16.2 Å². The lowest BCUT2D eigenvalue weighted by atomic mass is 10.2. The number of fused-ring (bicyclic) bond motifs is 1. The van der Waals surface area contributed by atoms with Gasteiger partial charge in [0.15, 0.2) is 10.0 Å². The van der Waals surface area contributed by atoms with Gasteiger partial charge in [-0.2, -0.15) is 4.37 Å². The molecule has 3 rings (SSSR count). The summed E-state index contributed by atoms with van der Waals surface area (Å²) in [5, 5.41) is 15.2. The lowest BCUT2D eigenvalue weighted by Gasteiger charge is -1.97. The van der Waals surface area contributed by atoms with Gasteiger partial charge in [-0.05, 0) is 36.7 Å². The Labute approximate surface area is 156 Å². The molecule has 0 atom stereocenters. The van der Waals surface area contributed by atoms with E-state index in [9.17, 15) is 8.42 Å². The van der Waals surface area contributed by atoms with Crippen molar-refractivity contribution >= 4 is 53.8 Å². The van der Waals surface area contributed by atoms with Crippen molar-refractivity contribution in [3.05, 3.63) is 51.7 Å². The van der Waals surface area contributed by atoms with Crippen LogP contribution in [0, 0.1) is 20.1 Å². The third-order valence-corrected chi connectivity index (χ3v) is 6.00. The van der Waals surface area contributed by atoms with Crippen molar-refractivity contribution in [1.82, 2.24) is 9.36 Å². The molecule has 2 N–H and O–H groups in total. The molecule has 0 spiro atoms. The van der Waals surface area contributed by atoms with Gasteiger partial charge < -0.3 is 0 Å². The molecule has 130 valence electrons. The molecule has 26 heavy (non-hydrogen) atoms. The Morgan fingerprint density at radius 1 is 1.23 bits per heavy atom. The van der Waals surface area contributed by atoms with Crippen LogP contribution in [0.15, 0.2) is 33.3 Å². The monoisotopic (exact) mass is 403 g/mol. The smallest absolute Gasteiger partial charge is 0.229 e. The minimum atomic E-state index is -3.83. The second kappa shape index (κ2) is 6.86. The van der Waals surface area contributed by atoms with Crippen molar-refractivity contribution in [2.75, 3.05) is 0 Å². The molecular formula is C14H9N7O2S3.